The molecule has 0 saturated carbocycles. The Hall–Kier alpha value is -0.960. The molecule has 2 nitrogen and oxygen atoms in total. The highest BCUT2D eigenvalue weighted by Crippen LogP contribution is 2.18. The van der Waals surface area contributed by atoms with Crippen molar-refractivity contribution < 1.29 is 9.53 Å². The Morgan fingerprint density at radius 3 is 2.94 bits per heavy atom. The Morgan fingerprint density at radius 2 is 2.25 bits per heavy atom. The first-order valence-electron chi connectivity index (χ1n) is 5.57. The van der Waals surface area contributed by atoms with Crippen LogP contribution < -0.4 is 0 Å². The molecule has 0 bridgehead atoms. The van der Waals surface area contributed by atoms with E-state index in [0.29, 0.717) is 12.4 Å². The quantitative estimate of drug-likeness (QED) is 0.431. The summed E-state index contributed by atoms with van der Waals surface area (Å²) in [4.78, 5) is 12.5. The van der Waals surface area contributed by atoms with Crippen LogP contribution in [0.5, 0.6) is 0 Å². The third kappa shape index (κ3) is 5.21. The first kappa shape index (κ1) is 13.1. The number of carbonyl (C=O) groups excluding carboxylic acids is 1. The highest BCUT2D eigenvalue weighted by Gasteiger charge is 2.03. The molecule has 16 heavy (non-hydrogen) atoms. The van der Waals surface area contributed by atoms with Gasteiger partial charge in [0.05, 0.1) is 12.4 Å². The maximum atomic E-state index is 11.3. The van der Waals surface area contributed by atoms with Crippen molar-refractivity contribution in [1.82, 2.24) is 0 Å². The molecular formula is C13H18O2S. The van der Waals surface area contributed by atoms with E-state index in [0.717, 1.165) is 17.7 Å². The van der Waals surface area contributed by atoms with Crippen LogP contribution in [0.3, 0.4) is 0 Å². The fourth-order valence-electron chi connectivity index (χ4n) is 1.22. The lowest BCUT2D eigenvalue weighted by Crippen LogP contribution is -2.08. The Balaban J connectivity index is 2.26. The molecule has 0 unspecified atom stereocenters. The van der Waals surface area contributed by atoms with Crippen LogP contribution in [-0.2, 0) is 9.53 Å². The van der Waals surface area contributed by atoms with Crippen LogP contribution in [0.25, 0.3) is 0 Å². The highest BCUT2D eigenvalue weighted by atomic mass is 32.2. The Kier molecular flexibility index (Phi) is 6.01. The van der Waals surface area contributed by atoms with Crippen molar-refractivity contribution >= 4 is 17.7 Å². The average Bonchev–Trinajstić information content (AvgIpc) is 2.27. The third-order valence-corrected chi connectivity index (χ3v) is 3.07. The number of carbonyl (C=O) groups is 1. The zero-order chi connectivity index (χ0) is 11.8. The molecular weight excluding hydrogens is 220 g/mol. The second-order valence-corrected chi connectivity index (χ2v) is 4.73. The maximum absolute atomic E-state index is 11.3. The van der Waals surface area contributed by atoms with Crippen molar-refractivity contribution in [3.8, 4) is 0 Å². The number of ether oxygens (including phenoxy) is 1. The SMILES string of the molecule is CCCCOC(=O)CSc1cccc(C)c1. The zero-order valence-electron chi connectivity index (χ0n) is 9.86. The summed E-state index contributed by atoms with van der Waals surface area (Å²) in [7, 11) is 0. The lowest BCUT2D eigenvalue weighted by atomic mass is 10.2. The van der Waals surface area contributed by atoms with E-state index in [4.69, 9.17) is 4.74 Å². The molecule has 0 radical (unpaired) electrons. The maximum Gasteiger partial charge on any atom is 0.316 e. The lowest BCUT2D eigenvalue weighted by molar-refractivity contribution is -0.140. The minimum atomic E-state index is -0.125. The molecule has 0 N–H and O–H groups in total. The predicted octanol–water partition coefficient (Wildman–Crippen LogP) is 3.43. The molecule has 0 aliphatic heterocycles. The molecule has 1 rings (SSSR count). The van der Waals surface area contributed by atoms with Crippen molar-refractivity contribution in [1.29, 1.82) is 0 Å². The van der Waals surface area contributed by atoms with E-state index in [1.165, 1.54) is 17.3 Å². The molecule has 0 atom stereocenters. The van der Waals surface area contributed by atoms with E-state index in [-0.39, 0.29) is 5.97 Å². The van der Waals surface area contributed by atoms with Crippen molar-refractivity contribution in [2.75, 3.05) is 12.4 Å². The second kappa shape index (κ2) is 7.34. The largest absolute Gasteiger partial charge is 0.465 e. The van der Waals surface area contributed by atoms with Gasteiger partial charge in [0.25, 0.3) is 0 Å². The number of rotatable bonds is 6. The number of hydrogen-bond donors (Lipinski definition) is 0. The molecule has 1 aromatic rings. The van der Waals surface area contributed by atoms with E-state index in [2.05, 4.69) is 13.0 Å². The van der Waals surface area contributed by atoms with Crippen molar-refractivity contribution in [2.45, 2.75) is 31.6 Å². The zero-order valence-corrected chi connectivity index (χ0v) is 10.7. The molecule has 0 aromatic heterocycles. The molecule has 1 aromatic carbocycles. The van der Waals surface area contributed by atoms with Gasteiger partial charge in [-0.3, -0.25) is 4.79 Å². The minimum absolute atomic E-state index is 0.125. The first-order chi connectivity index (χ1) is 7.72. The molecule has 0 fully saturated rings. The van der Waals surface area contributed by atoms with Gasteiger partial charge in [-0.1, -0.05) is 31.0 Å². The summed E-state index contributed by atoms with van der Waals surface area (Å²) in [5.74, 6) is 0.271. The van der Waals surface area contributed by atoms with Crippen LogP contribution >= 0.6 is 11.8 Å². The van der Waals surface area contributed by atoms with Crippen LogP contribution in [-0.4, -0.2) is 18.3 Å². The Labute approximate surface area is 101 Å². The number of hydrogen-bond acceptors (Lipinski definition) is 3. The van der Waals surface area contributed by atoms with Gasteiger partial charge in [0.15, 0.2) is 0 Å². The highest BCUT2D eigenvalue weighted by molar-refractivity contribution is 8.00. The molecule has 0 heterocycles. The Bertz CT molecular complexity index is 336. The lowest BCUT2D eigenvalue weighted by Gasteiger charge is -2.04. The van der Waals surface area contributed by atoms with Crippen LogP contribution in [0.2, 0.25) is 0 Å². The number of unbranched alkanes of at least 4 members (excludes halogenated alkanes) is 1. The second-order valence-electron chi connectivity index (χ2n) is 3.68. The normalized spacial score (nSPS) is 10.1. The van der Waals surface area contributed by atoms with E-state index < -0.39 is 0 Å². The standard InChI is InChI=1S/C13H18O2S/c1-3-4-8-15-13(14)10-16-12-7-5-6-11(2)9-12/h5-7,9H,3-4,8,10H2,1-2H3. The molecule has 0 amide bonds. The predicted molar refractivity (Wildman–Crippen MR) is 67.8 cm³/mol. The number of thioether (sulfide) groups is 1. The molecule has 0 spiro atoms. The number of aryl methyl sites for hydroxylation is 1. The summed E-state index contributed by atoms with van der Waals surface area (Å²) in [5, 5.41) is 0. The Morgan fingerprint density at radius 1 is 1.44 bits per heavy atom. The van der Waals surface area contributed by atoms with Gasteiger partial charge in [0.2, 0.25) is 0 Å². The van der Waals surface area contributed by atoms with Crippen molar-refractivity contribution in [3.63, 3.8) is 0 Å². The monoisotopic (exact) mass is 238 g/mol. The van der Waals surface area contributed by atoms with E-state index in [1.807, 2.05) is 25.1 Å². The molecule has 88 valence electrons. The van der Waals surface area contributed by atoms with Crippen LogP contribution in [0, 0.1) is 6.92 Å². The van der Waals surface area contributed by atoms with Gasteiger partial charge >= 0.3 is 5.97 Å². The summed E-state index contributed by atoms with van der Waals surface area (Å²) < 4.78 is 5.07. The molecule has 0 saturated heterocycles. The third-order valence-electron chi connectivity index (χ3n) is 2.11. The summed E-state index contributed by atoms with van der Waals surface area (Å²) >= 11 is 1.53. The molecule has 0 aliphatic rings. The van der Waals surface area contributed by atoms with Gasteiger partial charge in [-0.15, -0.1) is 11.8 Å². The van der Waals surface area contributed by atoms with E-state index >= 15 is 0 Å². The summed E-state index contributed by atoms with van der Waals surface area (Å²) in [6, 6.07) is 8.13. The summed E-state index contributed by atoms with van der Waals surface area (Å²) in [6.45, 7) is 4.67. The fraction of sp³-hybridized carbons (Fsp3) is 0.462. The van der Waals surface area contributed by atoms with Gasteiger partial charge in [-0.05, 0) is 25.5 Å². The molecule has 0 aliphatic carbocycles. The van der Waals surface area contributed by atoms with Gasteiger partial charge < -0.3 is 4.74 Å². The minimum Gasteiger partial charge on any atom is -0.465 e. The van der Waals surface area contributed by atoms with Crippen molar-refractivity contribution in [2.24, 2.45) is 0 Å². The van der Waals surface area contributed by atoms with Gasteiger partial charge in [-0.25, -0.2) is 0 Å². The van der Waals surface area contributed by atoms with Gasteiger partial charge in [0.1, 0.15) is 0 Å². The van der Waals surface area contributed by atoms with Crippen molar-refractivity contribution in [3.05, 3.63) is 29.8 Å². The van der Waals surface area contributed by atoms with E-state index in [9.17, 15) is 4.79 Å². The first-order valence-corrected chi connectivity index (χ1v) is 6.56. The van der Waals surface area contributed by atoms with Crippen LogP contribution in [0.15, 0.2) is 29.2 Å². The average molecular weight is 238 g/mol. The summed E-state index contributed by atoms with van der Waals surface area (Å²) in [6.07, 6.45) is 2.00. The van der Waals surface area contributed by atoms with E-state index in [1.54, 1.807) is 0 Å². The van der Waals surface area contributed by atoms with Gasteiger partial charge in [-0.2, -0.15) is 0 Å². The number of benzene rings is 1. The fourth-order valence-corrected chi connectivity index (χ4v) is 2.03. The summed E-state index contributed by atoms with van der Waals surface area (Å²) in [5.41, 5.74) is 1.21. The number of esters is 1. The smallest absolute Gasteiger partial charge is 0.316 e. The molecule has 3 heteroatoms. The van der Waals surface area contributed by atoms with Crippen LogP contribution in [0.1, 0.15) is 25.3 Å². The van der Waals surface area contributed by atoms with Crippen LogP contribution in [0.4, 0.5) is 0 Å². The van der Waals surface area contributed by atoms with Gasteiger partial charge in [0, 0.05) is 4.90 Å². The topological polar surface area (TPSA) is 26.3 Å².